The van der Waals surface area contributed by atoms with Crippen LogP contribution in [0.4, 0.5) is 21.6 Å². The number of benzene rings is 2. The highest BCUT2D eigenvalue weighted by molar-refractivity contribution is 6.03. The van der Waals surface area contributed by atoms with Crippen molar-refractivity contribution in [2.45, 2.75) is 13.5 Å². The van der Waals surface area contributed by atoms with Gasteiger partial charge in [0.1, 0.15) is 17.3 Å². The lowest BCUT2D eigenvalue weighted by Gasteiger charge is -2.09. The van der Waals surface area contributed by atoms with E-state index in [0.717, 1.165) is 0 Å². The summed E-state index contributed by atoms with van der Waals surface area (Å²) >= 11 is 0. The van der Waals surface area contributed by atoms with Crippen LogP contribution < -0.4 is 16.0 Å². The van der Waals surface area contributed by atoms with Gasteiger partial charge in [0.2, 0.25) is 5.91 Å². The predicted molar refractivity (Wildman–Crippen MR) is 104 cm³/mol. The van der Waals surface area contributed by atoms with E-state index < -0.39 is 5.91 Å². The number of hydrogen-bond acceptors (Lipinski definition) is 5. The number of amides is 2. The third kappa shape index (κ3) is 5.10. The summed E-state index contributed by atoms with van der Waals surface area (Å²) in [6, 6.07) is 13.2. The average Bonchev–Trinajstić information content (AvgIpc) is 2.67. The summed E-state index contributed by atoms with van der Waals surface area (Å²) < 4.78 is 13.6. The van der Waals surface area contributed by atoms with Gasteiger partial charge in [-0.1, -0.05) is 24.3 Å². The van der Waals surface area contributed by atoms with E-state index in [9.17, 15) is 14.0 Å². The molecule has 0 aliphatic carbocycles. The molecule has 7 nitrogen and oxygen atoms in total. The van der Waals surface area contributed by atoms with Crippen molar-refractivity contribution in [2.24, 2.45) is 0 Å². The lowest BCUT2D eigenvalue weighted by Crippen LogP contribution is -2.15. The maximum atomic E-state index is 13.6. The van der Waals surface area contributed by atoms with Gasteiger partial charge in [0.25, 0.3) is 5.91 Å². The van der Waals surface area contributed by atoms with Gasteiger partial charge < -0.3 is 16.0 Å². The molecule has 8 heteroatoms. The number of rotatable bonds is 6. The molecule has 3 N–H and O–H groups in total. The lowest BCUT2D eigenvalue weighted by atomic mass is 10.2. The SMILES string of the molecule is CC(=O)Nc1cccc(NC(=O)c2cnc(NCc3ccccc3F)cn2)c1. The van der Waals surface area contributed by atoms with Gasteiger partial charge in [0.05, 0.1) is 12.4 Å². The molecular weight excluding hydrogens is 361 g/mol. The molecule has 0 fully saturated rings. The first-order chi connectivity index (χ1) is 13.5. The number of carbonyl (C=O) groups excluding carboxylic acids is 2. The highest BCUT2D eigenvalue weighted by Crippen LogP contribution is 2.16. The molecule has 1 heterocycles. The molecule has 2 amide bonds. The summed E-state index contributed by atoms with van der Waals surface area (Å²) in [6.07, 6.45) is 2.74. The Labute approximate surface area is 161 Å². The number of nitrogens with one attached hydrogen (secondary N) is 3. The maximum absolute atomic E-state index is 13.6. The summed E-state index contributed by atoms with van der Waals surface area (Å²) in [5, 5.41) is 8.30. The molecule has 0 unspecified atom stereocenters. The van der Waals surface area contributed by atoms with E-state index in [2.05, 4.69) is 25.9 Å². The van der Waals surface area contributed by atoms with Crippen molar-refractivity contribution in [3.63, 3.8) is 0 Å². The zero-order valence-electron chi connectivity index (χ0n) is 15.1. The fourth-order valence-electron chi connectivity index (χ4n) is 2.44. The van der Waals surface area contributed by atoms with Gasteiger partial charge >= 0.3 is 0 Å². The second-order valence-electron chi connectivity index (χ2n) is 5.95. The zero-order chi connectivity index (χ0) is 19.9. The van der Waals surface area contributed by atoms with E-state index in [-0.39, 0.29) is 24.0 Å². The molecule has 3 aromatic rings. The highest BCUT2D eigenvalue weighted by atomic mass is 19.1. The summed E-state index contributed by atoms with van der Waals surface area (Å²) in [7, 11) is 0. The molecule has 0 radical (unpaired) electrons. The normalized spacial score (nSPS) is 10.2. The number of carbonyl (C=O) groups is 2. The minimum absolute atomic E-state index is 0.126. The molecule has 0 saturated heterocycles. The Morgan fingerprint density at radius 2 is 1.71 bits per heavy atom. The van der Waals surface area contributed by atoms with Gasteiger partial charge in [-0.25, -0.2) is 14.4 Å². The number of halogens is 1. The second-order valence-corrected chi connectivity index (χ2v) is 5.95. The van der Waals surface area contributed by atoms with Crippen LogP contribution >= 0.6 is 0 Å². The monoisotopic (exact) mass is 379 g/mol. The van der Waals surface area contributed by atoms with Crippen LogP contribution in [0, 0.1) is 5.82 Å². The third-order valence-electron chi connectivity index (χ3n) is 3.74. The van der Waals surface area contributed by atoms with E-state index in [1.165, 1.54) is 25.4 Å². The molecule has 0 saturated carbocycles. The lowest BCUT2D eigenvalue weighted by molar-refractivity contribution is -0.114. The summed E-state index contributed by atoms with van der Waals surface area (Å²) in [5.41, 5.74) is 1.72. The van der Waals surface area contributed by atoms with Crippen molar-refractivity contribution in [3.05, 3.63) is 78.0 Å². The van der Waals surface area contributed by atoms with Crippen LogP contribution in [-0.4, -0.2) is 21.8 Å². The summed E-state index contributed by atoms with van der Waals surface area (Å²) in [5.74, 6) is -0.520. The quantitative estimate of drug-likeness (QED) is 0.610. The first-order valence-corrected chi connectivity index (χ1v) is 8.49. The zero-order valence-corrected chi connectivity index (χ0v) is 15.1. The van der Waals surface area contributed by atoms with Crippen LogP contribution in [0.15, 0.2) is 60.9 Å². The molecule has 0 bridgehead atoms. The molecule has 0 atom stereocenters. The van der Waals surface area contributed by atoms with Gasteiger partial charge in [-0.05, 0) is 24.3 Å². The van der Waals surface area contributed by atoms with E-state index in [1.54, 1.807) is 42.5 Å². The fourth-order valence-corrected chi connectivity index (χ4v) is 2.44. The first-order valence-electron chi connectivity index (χ1n) is 8.49. The van der Waals surface area contributed by atoms with Crippen LogP contribution in [0.3, 0.4) is 0 Å². The highest BCUT2D eigenvalue weighted by Gasteiger charge is 2.09. The summed E-state index contributed by atoms with van der Waals surface area (Å²) in [6.45, 7) is 1.66. The van der Waals surface area contributed by atoms with Crippen molar-refractivity contribution >= 4 is 29.0 Å². The minimum Gasteiger partial charge on any atom is -0.365 e. The largest absolute Gasteiger partial charge is 0.365 e. The Hall–Kier alpha value is -3.81. The average molecular weight is 379 g/mol. The molecule has 28 heavy (non-hydrogen) atoms. The molecule has 1 aromatic heterocycles. The van der Waals surface area contributed by atoms with E-state index in [0.29, 0.717) is 22.8 Å². The van der Waals surface area contributed by atoms with Crippen molar-refractivity contribution < 1.29 is 14.0 Å². The summed E-state index contributed by atoms with van der Waals surface area (Å²) in [4.78, 5) is 31.6. The standard InChI is InChI=1S/C20H18FN5O2/c1-13(27)25-15-6-4-7-16(9-15)26-20(28)18-11-24-19(12-22-18)23-10-14-5-2-3-8-17(14)21/h2-9,11-12H,10H2,1H3,(H,23,24)(H,25,27)(H,26,28). The van der Waals surface area contributed by atoms with Crippen LogP contribution in [-0.2, 0) is 11.3 Å². The Morgan fingerprint density at radius 3 is 2.39 bits per heavy atom. The van der Waals surface area contributed by atoms with E-state index >= 15 is 0 Å². The smallest absolute Gasteiger partial charge is 0.275 e. The first kappa shape index (κ1) is 19.0. The molecular formula is C20H18FN5O2. The minimum atomic E-state index is -0.437. The van der Waals surface area contributed by atoms with Gasteiger partial charge in [-0.2, -0.15) is 0 Å². The van der Waals surface area contributed by atoms with Crippen molar-refractivity contribution in [1.29, 1.82) is 0 Å². The molecule has 2 aromatic carbocycles. The predicted octanol–water partition coefficient (Wildman–Crippen LogP) is 3.44. The second kappa shape index (κ2) is 8.72. The van der Waals surface area contributed by atoms with Crippen molar-refractivity contribution in [2.75, 3.05) is 16.0 Å². The van der Waals surface area contributed by atoms with Crippen LogP contribution in [0.1, 0.15) is 23.0 Å². The molecule has 3 rings (SSSR count). The van der Waals surface area contributed by atoms with Crippen LogP contribution in [0.2, 0.25) is 0 Å². The number of nitrogens with zero attached hydrogens (tertiary/aromatic N) is 2. The number of hydrogen-bond donors (Lipinski definition) is 3. The van der Waals surface area contributed by atoms with Gasteiger partial charge in [-0.15, -0.1) is 0 Å². The van der Waals surface area contributed by atoms with Crippen molar-refractivity contribution in [3.8, 4) is 0 Å². The Morgan fingerprint density at radius 1 is 0.964 bits per heavy atom. The topological polar surface area (TPSA) is 96.0 Å². The molecule has 0 aliphatic heterocycles. The Balaban J connectivity index is 1.61. The molecule has 142 valence electrons. The number of anilines is 3. The Bertz CT molecular complexity index is 992. The van der Waals surface area contributed by atoms with Gasteiger partial charge in [0, 0.05) is 30.4 Å². The maximum Gasteiger partial charge on any atom is 0.275 e. The molecule has 0 spiro atoms. The van der Waals surface area contributed by atoms with E-state index in [1.807, 2.05) is 0 Å². The number of aromatic nitrogens is 2. The fraction of sp³-hybridized carbons (Fsp3) is 0.100. The van der Waals surface area contributed by atoms with Crippen LogP contribution in [0.25, 0.3) is 0 Å². The van der Waals surface area contributed by atoms with Gasteiger partial charge in [0.15, 0.2) is 0 Å². The third-order valence-corrected chi connectivity index (χ3v) is 3.74. The van der Waals surface area contributed by atoms with Gasteiger partial charge in [-0.3, -0.25) is 9.59 Å². The van der Waals surface area contributed by atoms with Crippen molar-refractivity contribution in [1.82, 2.24) is 9.97 Å². The van der Waals surface area contributed by atoms with Crippen LogP contribution in [0.5, 0.6) is 0 Å². The van der Waals surface area contributed by atoms with E-state index in [4.69, 9.17) is 0 Å². The molecule has 0 aliphatic rings. The Kier molecular flexibility index (Phi) is 5.91.